The molecule has 0 aliphatic carbocycles. The van der Waals surface area contributed by atoms with Crippen LogP contribution in [-0.4, -0.2) is 21.9 Å². The number of hydrogen-bond acceptors (Lipinski definition) is 3. The van der Waals surface area contributed by atoms with E-state index in [1.165, 1.54) is 5.56 Å². The molecule has 0 fully saturated rings. The van der Waals surface area contributed by atoms with Gasteiger partial charge in [0, 0.05) is 27.6 Å². The molecule has 5 aromatic rings. The number of fused-ring (bicyclic) bond motifs is 3. The molecule has 5 rings (SSSR count). The Morgan fingerprint density at radius 1 is 0.933 bits per heavy atom. The summed E-state index contributed by atoms with van der Waals surface area (Å²) in [5.74, 6) is 0.737. The average molecular weight is 414 g/mol. The largest absolute Gasteiger partial charge is 0.494 e. The van der Waals surface area contributed by atoms with Crippen molar-refractivity contribution in [3.8, 4) is 22.7 Å². The maximum atomic E-state index is 6.45. The van der Waals surface area contributed by atoms with Gasteiger partial charge in [0.25, 0.3) is 0 Å². The molecule has 0 atom stereocenters. The van der Waals surface area contributed by atoms with E-state index in [2.05, 4.69) is 37.3 Å². The summed E-state index contributed by atoms with van der Waals surface area (Å²) in [5.41, 5.74) is 6.87. The summed E-state index contributed by atoms with van der Waals surface area (Å²) in [4.78, 5) is 4.72. The second-order valence-electron chi connectivity index (χ2n) is 7.44. The highest BCUT2D eigenvalue weighted by Crippen LogP contribution is 2.36. The van der Waals surface area contributed by atoms with E-state index in [9.17, 15) is 0 Å². The number of nitrogens with zero attached hydrogens (tertiary/aromatic N) is 3. The van der Waals surface area contributed by atoms with Crippen molar-refractivity contribution in [3.05, 3.63) is 83.0 Å². The minimum absolute atomic E-state index is 0.712. The lowest BCUT2D eigenvalue weighted by Crippen LogP contribution is -1.98. The van der Waals surface area contributed by atoms with Gasteiger partial charge in [0.2, 0.25) is 0 Å². The number of benzene rings is 3. The fraction of sp³-hybridized carbons (Fsp3) is 0.120. The normalized spacial score (nSPS) is 11.3. The standard InChI is InChI=1S/C25H20ClN3O/c1-15-7-10-17(11-8-15)23-20-14-27-24-19(5-4-6-22(24)30-3)25(20)29(28-23)18-12-9-16(2)21(26)13-18/h4-14H,1-3H3. The molecule has 0 saturated heterocycles. The molecule has 0 aliphatic heterocycles. The number of rotatable bonds is 3. The SMILES string of the molecule is COc1cccc2c1ncc1c(-c3ccc(C)cc3)nn(-c3ccc(C)c(Cl)c3)c12. The van der Waals surface area contributed by atoms with Crippen molar-refractivity contribution in [2.45, 2.75) is 13.8 Å². The molecule has 4 nitrogen and oxygen atoms in total. The summed E-state index contributed by atoms with van der Waals surface area (Å²) >= 11 is 6.45. The van der Waals surface area contributed by atoms with Gasteiger partial charge in [0.1, 0.15) is 17.0 Å². The maximum absolute atomic E-state index is 6.45. The highest BCUT2D eigenvalue weighted by atomic mass is 35.5. The first-order valence-corrected chi connectivity index (χ1v) is 10.1. The Kier molecular flexibility index (Phi) is 4.44. The van der Waals surface area contributed by atoms with Crippen LogP contribution in [0.15, 0.2) is 66.9 Å². The van der Waals surface area contributed by atoms with Crippen molar-refractivity contribution in [2.24, 2.45) is 0 Å². The molecule has 2 heterocycles. The summed E-state index contributed by atoms with van der Waals surface area (Å²) in [6.07, 6.45) is 1.88. The predicted octanol–water partition coefficient (Wildman–Crippen LogP) is 6.52. The number of aryl methyl sites for hydroxylation is 2. The Bertz CT molecular complexity index is 1400. The van der Waals surface area contributed by atoms with E-state index < -0.39 is 0 Å². The van der Waals surface area contributed by atoms with Crippen LogP contribution in [0.1, 0.15) is 11.1 Å². The van der Waals surface area contributed by atoms with Crippen LogP contribution < -0.4 is 4.74 Å². The van der Waals surface area contributed by atoms with Crippen LogP contribution in [0.3, 0.4) is 0 Å². The highest BCUT2D eigenvalue weighted by Gasteiger charge is 2.18. The first-order valence-electron chi connectivity index (χ1n) is 9.75. The van der Waals surface area contributed by atoms with Gasteiger partial charge in [-0.2, -0.15) is 5.10 Å². The summed E-state index contributed by atoms with van der Waals surface area (Å²) in [6, 6.07) is 20.4. The van der Waals surface area contributed by atoms with Crippen LogP contribution in [0, 0.1) is 13.8 Å². The molecule has 0 spiro atoms. The summed E-state index contributed by atoms with van der Waals surface area (Å²) < 4.78 is 7.51. The molecule has 0 amide bonds. The highest BCUT2D eigenvalue weighted by molar-refractivity contribution is 6.31. The number of para-hydroxylation sites is 1. The molecule has 0 bridgehead atoms. The third kappa shape index (κ3) is 2.92. The minimum Gasteiger partial charge on any atom is -0.494 e. The monoisotopic (exact) mass is 413 g/mol. The number of methoxy groups -OCH3 is 1. The molecule has 0 saturated carbocycles. The Hall–Kier alpha value is -3.37. The summed E-state index contributed by atoms with van der Waals surface area (Å²) in [7, 11) is 1.66. The predicted molar refractivity (Wildman–Crippen MR) is 123 cm³/mol. The summed E-state index contributed by atoms with van der Waals surface area (Å²) in [5, 5.41) is 7.69. The van der Waals surface area contributed by atoms with E-state index >= 15 is 0 Å². The molecule has 3 aromatic carbocycles. The van der Waals surface area contributed by atoms with Gasteiger partial charge in [-0.15, -0.1) is 0 Å². The van der Waals surface area contributed by atoms with Crippen molar-refractivity contribution in [1.29, 1.82) is 0 Å². The molecule has 148 valence electrons. The molecular formula is C25H20ClN3O. The Balaban J connectivity index is 1.90. The second kappa shape index (κ2) is 7.15. The number of ether oxygens (including phenoxy) is 1. The smallest absolute Gasteiger partial charge is 0.145 e. The van der Waals surface area contributed by atoms with Gasteiger partial charge in [0.05, 0.1) is 18.3 Å². The first kappa shape index (κ1) is 18.6. The maximum Gasteiger partial charge on any atom is 0.145 e. The lowest BCUT2D eigenvalue weighted by molar-refractivity contribution is 0.419. The van der Waals surface area contributed by atoms with Crippen LogP contribution in [0.2, 0.25) is 5.02 Å². The van der Waals surface area contributed by atoms with Crippen LogP contribution in [0.4, 0.5) is 0 Å². The molecule has 5 heteroatoms. The van der Waals surface area contributed by atoms with E-state index in [0.29, 0.717) is 5.02 Å². The van der Waals surface area contributed by atoms with E-state index in [4.69, 9.17) is 26.4 Å². The van der Waals surface area contributed by atoms with Crippen LogP contribution in [0.25, 0.3) is 38.8 Å². The van der Waals surface area contributed by atoms with Crippen molar-refractivity contribution in [1.82, 2.24) is 14.8 Å². The fourth-order valence-corrected chi connectivity index (χ4v) is 3.95. The lowest BCUT2D eigenvalue weighted by Gasteiger charge is -2.09. The topological polar surface area (TPSA) is 39.9 Å². The molecule has 0 aliphatic rings. The molecule has 0 N–H and O–H groups in total. The second-order valence-corrected chi connectivity index (χ2v) is 7.84. The Labute approximate surface area is 179 Å². The van der Waals surface area contributed by atoms with Crippen LogP contribution >= 0.6 is 11.6 Å². The first-order chi connectivity index (χ1) is 14.6. The van der Waals surface area contributed by atoms with Gasteiger partial charge in [-0.1, -0.05) is 59.6 Å². The number of pyridine rings is 1. The van der Waals surface area contributed by atoms with Gasteiger partial charge in [-0.3, -0.25) is 4.98 Å². The van der Waals surface area contributed by atoms with Gasteiger partial charge in [-0.05, 0) is 37.6 Å². The summed E-state index contributed by atoms with van der Waals surface area (Å²) in [6.45, 7) is 4.07. The van der Waals surface area contributed by atoms with Gasteiger partial charge < -0.3 is 4.74 Å². The zero-order chi connectivity index (χ0) is 20.8. The van der Waals surface area contributed by atoms with Gasteiger partial charge in [-0.25, -0.2) is 4.68 Å². The minimum atomic E-state index is 0.712. The lowest BCUT2D eigenvalue weighted by atomic mass is 10.1. The van der Waals surface area contributed by atoms with Gasteiger partial charge in [0.15, 0.2) is 0 Å². The van der Waals surface area contributed by atoms with E-state index in [1.807, 2.05) is 48.1 Å². The van der Waals surface area contributed by atoms with Gasteiger partial charge >= 0.3 is 0 Å². The molecule has 2 aromatic heterocycles. The number of hydrogen-bond donors (Lipinski definition) is 0. The molecular weight excluding hydrogens is 394 g/mol. The molecule has 0 unspecified atom stereocenters. The van der Waals surface area contributed by atoms with Crippen molar-refractivity contribution < 1.29 is 4.74 Å². The van der Waals surface area contributed by atoms with E-state index in [-0.39, 0.29) is 0 Å². The zero-order valence-corrected chi connectivity index (χ0v) is 17.7. The molecule has 0 radical (unpaired) electrons. The van der Waals surface area contributed by atoms with E-state index in [1.54, 1.807) is 7.11 Å². The zero-order valence-electron chi connectivity index (χ0n) is 17.0. The Morgan fingerprint density at radius 3 is 2.47 bits per heavy atom. The van der Waals surface area contributed by atoms with E-state index in [0.717, 1.165) is 50.1 Å². The fourth-order valence-electron chi connectivity index (χ4n) is 3.78. The third-order valence-electron chi connectivity index (χ3n) is 5.44. The van der Waals surface area contributed by atoms with Crippen LogP contribution in [0.5, 0.6) is 5.75 Å². The van der Waals surface area contributed by atoms with Crippen molar-refractivity contribution in [2.75, 3.05) is 7.11 Å². The van der Waals surface area contributed by atoms with Crippen LogP contribution in [-0.2, 0) is 0 Å². The number of aromatic nitrogens is 3. The third-order valence-corrected chi connectivity index (χ3v) is 5.85. The molecule has 30 heavy (non-hydrogen) atoms. The average Bonchev–Trinajstić information content (AvgIpc) is 3.16. The quantitative estimate of drug-likeness (QED) is 0.338. The van der Waals surface area contributed by atoms with Crippen molar-refractivity contribution >= 4 is 33.4 Å². The number of halogens is 1. The van der Waals surface area contributed by atoms with Crippen molar-refractivity contribution in [3.63, 3.8) is 0 Å². The Morgan fingerprint density at radius 2 is 1.73 bits per heavy atom.